The molecule has 2 aromatic heterocycles. The molecule has 0 aliphatic heterocycles. The van der Waals surface area contributed by atoms with Crippen LogP contribution in [0.4, 0.5) is 0 Å². The zero-order chi connectivity index (χ0) is 8.39. The van der Waals surface area contributed by atoms with Crippen molar-refractivity contribution in [1.29, 1.82) is 0 Å². The van der Waals surface area contributed by atoms with Crippen LogP contribution in [0.3, 0.4) is 0 Å². The van der Waals surface area contributed by atoms with Crippen LogP contribution in [0, 0.1) is 0 Å². The predicted molar refractivity (Wildman–Crippen MR) is 47.3 cm³/mol. The summed E-state index contributed by atoms with van der Waals surface area (Å²) in [7, 11) is 0. The van der Waals surface area contributed by atoms with Crippen LogP contribution in [0.25, 0.3) is 11.4 Å². The number of nitrogens with one attached hydrogen (secondary N) is 1. The minimum Gasteiger partial charge on any atom is -0.253 e. The molecule has 5 heteroatoms. The van der Waals surface area contributed by atoms with Crippen molar-refractivity contribution >= 4 is 15.9 Å². The summed E-state index contributed by atoms with van der Waals surface area (Å²) >= 11 is 3.30. The molecule has 4 nitrogen and oxygen atoms in total. The molecule has 0 amide bonds. The fraction of sp³-hybridized carbons (Fsp3) is 0. The Morgan fingerprint density at radius 3 is 2.67 bits per heavy atom. The Balaban J connectivity index is 2.43. The van der Waals surface area contributed by atoms with Gasteiger partial charge in [0.1, 0.15) is 5.69 Å². The molecule has 0 spiro atoms. The van der Waals surface area contributed by atoms with Gasteiger partial charge in [-0.3, -0.25) is 4.98 Å². The first-order valence-electron chi connectivity index (χ1n) is 3.34. The molecule has 1 N–H and O–H groups in total. The van der Waals surface area contributed by atoms with Crippen molar-refractivity contribution in [3.8, 4) is 11.4 Å². The van der Waals surface area contributed by atoms with Crippen molar-refractivity contribution in [2.24, 2.45) is 0 Å². The lowest BCUT2D eigenvalue weighted by molar-refractivity contribution is 0.940. The molecular weight excluding hydrogens is 220 g/mol. The van der Waals surface area contributed by atoms with E-state index in [4.69, 9.17) is 0 Å². The molecule has 0 radical (unpaired) electrons. The lowest BCUT2D eigenvalue weighted by Crippen LogP contribution is -1.82. The van der Waals surface area contributed by atoms with Crippen LogP contribution in [0.15, 0.2) is 29.0 Å². The second-order valence-electron chi connectivity index (χ2n) is 2.22. The van der Waals surface area contributed by atoms with E-state index in [9.17, 15) is 0 Å². The standard InChI is InChI=1S/C7H5BrN4/c8-5-1-2-6(9-3-5)7-4-10-12-11-7/h1-4H,(H,10,11,12). The molecule has 12 heavy (non-hydrogen) atoms. The van der Waals surface area contributed by atoms with Crippen LogP contribution < -0.4 is 0 Å². The SMILES string of the molecule is Brc1ccc(-c2cn[nH]n2)nc1. The van der Waals surface area contributed by atoms with Crippen molar-refractivity contribution in [3.63, 3.8) is 0 Å². The number of halogens is 1. The van der Waals surface area contributed by atoms with Gasteiger partial charge in [0.05, 0.1) is 11.9 Å². The molecule has 0 fully saturated rings. The number of hydrogen-bond donors (Lipinski definition) is 1. The summed E-state index contributed by atoms with van der Waals surface area (Å²) in [5.74, 6) is 0. The molecule has 60 valence electrons. The molecule has 0 aromatic carbocycles. The molecule has 2 heterocycles. The molecule has 2 rings (SSSR count). The number of aromatic amines is 1. The second kappa shape index (κ2) is 3.02. The molecule has 0 saturated heterocycles. The van der Waals surface area contributed by atoms with E-state index in [2.05, 4.69) is 36.3 Å². The summed E-state index contributed by atoms with van der Waals surface area (Å²) < 4.78 is 0.953. The lowest BCUT2D eigenvalue weighted by Gasteiger charge is -1.93. The lowest BCUT2D eigenvalue weighted by atomic mass is 10.3. The average molecular weight is 225 g/mol. The largest absolute Gasteiger partial charge is 0.253 e. The van der Waals surface area contributed by atoms with E-state index >= 15 is 0 Å². The van der Waals surface area contributed by atoms with Crippen molar-refractivity contribution in [3.05, 3.63) is 29.0 Å². The van der Waals surface area contributed by atoms with E-state index in [1.807, 2.05) is 12.1 Å². The molecule has 0 bridgehead atoms. The van der Waals surface area contributed by atoms with Gasteiger partial charge in [-0.25, -0.2) is 0 Å². The topological polar surface area (TPSA) is 54.5 Å². The van der Waals surface area contributed by atoms with Crippen LogP contribution in [0.2, 0.25) is 0 Å². The number of hydrogen-bond acceptors (Lipinski definition) is 3. The fourth-order valence-electron chi connectivity index (χ4n) is 0.852. The van der Waals surface area contributed by atoms with E-state index in [1.54, 1.807) is 12.4 Å². The van der Waals surface area contributed by atoms with Crippen LogP contribution in [0.5, 0.6) is 0 Å². The van der Waals surface area contributed by atoms with E-state index in [0.29, 0.717) is 0 Å². The van der Waals surface area contributed by atoms with Crippen LogP contribution in [0.1, 0.15) is 0 Å². The van der Waals surface area contributed by atoms with Gasteiger partial charge < -0.3 is 0 Å². The zero-order valence-electron chi connectivity index (χ0n) is 6.03. The van der Waals surface area contributed by atoms with Gasteiger partial charge in [-0.15, -0.1) is 0 Å². The molecule has 0 aliphatic rings. The smallest absolute Gasteiger partial charge is 0.131 e. The van der Waals surface area contributed by atoms with Crippen molar-refractivity contribution in [2.45, 2.75) is 0 Å². The number of aromatic nitrogens is 4. The van der Waals surface area contributed by atoms with Crippen molar-refractivity contribution in [2.75, 3.05) is 0 Å². The molecule has 0 saturated carbocycles. The van der Waals surface area contributed by atoms with Gasteiger partial charge in [-0.2, -0.15) is 15.4 Å². The molecular formula is C7H5BrN4. The minimum atomic E-state index is 0.752. The molecule has 2 aromatic rings. The summed E-state index contributed by atoms with van der Waals surface area (Å²) in [6.07, 6.45) is 3.36. The van der Waals surface area contributed by atoms with Crippen LogP contribution >= 0.6 is 15.9 Å². The van der Waals surface area contributed by atoms with Gasteiger partial charge >= 0.3 is 0 Å². The molecule has 0 aliphatic carbocycles. The van der Waals surface area contributed by atoms with E-state index < -0.39 is 0 Å². The number of rotatable bonds is 1. The highest BCUT2D eigenvalue weighted by Gasteiger charge is 2.00. The Labute approximate surface area is 77.2 Å². The summed E-state index contributed by atoms with van der Waals surface area (Å²) in [6, 6.07) is 3.79. The maximum atomic E-state index is 4.15. The highest BCUT2D eigenvalue weighted by Crippen LogP contribution is 2.14. The van der Waals surface area contributed by atoms with Crippen molar-refractivity contribution < 1.29 is 0 Å². The summed E-state index contributed by atoms with van der Waals surface area (Å²) in [4.78, 5) is 4.15. The van der Waals surface area contributed by atoms with Gasteiger partial charge in [-0.05, 0) is 28.1 Å². The Bertz CT molecular complexity index is 353. The van der Waals surface area contributed by atoms with Gasteiger partial charge in [0.2, 0.25) is 0 Å². The monoisotopic (exact) mass is 224 g/mol. The van der Waals surface area contributed by atoms with Gasteiger partial charge in [0.15, 0.2) is 0 Å². The van der Waals surface area contributed by atoms with Crippen LogP contribution in [-0.2, 0) is 0 Å². The van der Waals surface area contributed by atoms with Gasteiger partial charge in [0, 0.05) is 10.7 Å². The third kappa shape index (κ3) is 1.35. The summed E-state index contributed by atoms with van der Waals surface area (Å²) in [5, 5.41) is 10.1. The summed E-state index contributed by atoms with van der Waals surface area (Å²) in [5.41, 5.74) is 1.56. The van der Waals surface area contributed by atoms with E-state index in [1.165, 1.54) is 0 Å². The molecule has 0 atom stereocenters. The predicted octanol–water partition coefficient (Wildman–Crippen LogP) is 1.63. The number of pyridine rings is 1. The zero-order valence-corrected chi connectivity index (χ0v) is 7.62. The van der Waals surface area contributed by atoms with E-state index in [-0.39, 0.29) is 0 Å². The first-order valence-corrected chi connectivity index (χ1v) is 4.13. The highest BCUT2D eigenvalue weighted by atomic mass is 79.9. The maximum absolute atomic E-state index is 4.15. The Kier molecular flexibility index (Phi) is 1.87. The third-order valence-corrected chi connectivity index (χ3v) is 1.87. The Hall–Kier alpha value is -1.23. The third-order valence-electron chi connectivity index (χ3n) is 1.40. The van der Waals surface area contributed by atoms with E-state index in [0.717, 1.165) is 15.9 Å². The normalized spacial score (nSPS) is 10.1. The minimum absolute atomic E-state index is 0.752. The van der Waals surface area contributed by atoms with Gasteiger partial charge in [0.25, 0.3) is 0 Å². The quantitative estimate of drug-likeness (QED) is 0.802. The molecule has 0 unspecified atom stereocenters. The van der Waals surface area contributed by atoms with Gasteiger partial charge in [-0.1, -0.05) is 0 Å². The Morgan fingerprint density at radius 2 is 2.08 bits per heavy atom. The average Bonchev–Trinajstić information content (AvgIpc) is 2.58. The second-order valence-corrected chi connectivity index (χ2v) is 3.13. The number of H-pyrrole nitrogens is 1. The fourth-order valence-corrected chi connectivity index (χ4v) is 1.09. The highest BCUT2D eigenvalue weighted by molar-refractivity contribution is 9.10. The Morgan fingerprint density at radius 1 is 1.17 bits per heavy atom. The first kappa shape index (κ1) is 7.42. The van der Waals surface area contributed by atoms with Crippen molar-refractivity contribution in [1.82, 2.24) is 20.4 Å². The number of nitrogens with zero attached hydrogens (tertiary/aromatic N) is 3. The first-order chi connectivity index (χ1) is 5.86. The maximum Gasteiger partial charge on any atom is 0.131 e. The summed E-state index contributed by atoms with van der Waals surface area (Å²) in [6.45, 7) is 0. The van der Waals surface area contributed by atoms with Crippen LogP contribution in [-0.4, -0.2) is 20.4 Å².